The Labute approximate surface area is 126 Å². The Morgan fingerprint density at radius 2 is 1.90 bits per heavy atom. The Bertz CT molecular complexity index is 555. The lowest BCUT2D eigenvalue weighted by Crippen LogP contribution is -2.30. The number of anilines is 1. The zero-order valence-electron chi connectivity index (χ0n) is 12.4. The fraction of sp³-hybridized carbons (Fsp3) is 0.500. The number of carbonyl (C=O) groups is 1. The molecule has 0 aliphatic heterocycles. The number of sulfonamides is 1. The summed E-state index contributed by atoms with van der Waals surface area (Å²) in [6.07, 6.45) is 1.67. The van der Waals surface area contributed by atoms with Crippen molar-refractivity contribution >= 4 is 21.6 Å². The molecule has 1 amide bonds. The third kappa shape index (κ3) is 5.82. The minimum absolute atomic E-state index is 0.180. The lowest BCUT2D eigenvalue weighted by Gasteiger charge is -2.15. The Kier molecular flexibility index (Phi) is 6.80. The van der Waals surface area contributed by atoms with Gasteiger partial charge in [0, 0.05) is 19.2 Å². The van der Waals surface area contributed by atoms with Crippen LogP contribution in [0.1, 0.15) is 26.7 Å². The summed E-state index contributed by atoms with van der Waals surface area (Å²) in [6.45, 7) is 4.33. The van der Waals surface area contributed by atoms with Gasteiger partial charge in [-0.3, -0.25) is 4.79 Å². The first kappa shape index (κ1) is 17.6. The number of amides is 1. The van der Waals surface area contributed by atoms with E-state index in [1.165, 1.54) is 19.1 Å². The molecule has 4 N–H and O–H groups in total. The van der Waals surface area contributed by atoms with Gasteiger partial charge in [0.2, 0.25) is 15.9 Å². The molecule has 7 heteroatoms. The maximum Gasteiger partial charge on any atom is 0.240 e. The van der Waals surface area contributed by atoms with E-state index in [1.807, 2.05) is 6.92 Å². The molecule has 1 rings (SSSR count). The molecule has 1 atom stereocenters. The molecule has 1 unspecified atom stereocenters. The van der Waals surface area contributed by atoms with Gasteiger partial charge in [0.1, 0.15) is 0 Å². The average Bonchev–Trinajstić information content (AvgIpc) is 2.43. The normalized spacial score (nSPS) is 12.9. The predicted molar refractivity (Wildman–Crippen MR) is 83.4 cm³/mol. The Morgan fingerprint density at radius 3 is 2.38 bits per heavy atom. The molecular formula is C14H23N3O3S. The van der Waals surface area contributed by atoms with E-state index in [-0.39, 0.29) is 16.7 Å². The van der Waals surface area contributed by atoms with Crippen LogP contribution >= 0.6 is 0 Å². The molecule has 0 aliphatic carbocycles. The highest BCUT2D eigenvalue weighted by atomic mass is 32.2. The summed E-state index contributed by atoms with van der Waals surface area (Å²) < 4.78 is 26.9. The van der Waals surface area contributed by atoms with Crippen LogP contribution in [0.15, 0.2) is 29.2 Å². The van der Waals surface area contributed by atoms with Gasteiger partial charge in [-0.2, -0.15) is 0 Å². The van der Waals surface area contributed by atoms with Crippen molar-refractivity contribution in [3.8, 4) is 0 Å². The summed E-state index contributed by atoms with van der Waals surface area (Å²) in [5.41, 5.74) is 6.07. The zero-order valence-corrected chi connectivity index (χ0v) is 13.2. The number of benzene rings is 1. The third-order valence-electron chi connectivity index (χ3n) is 3.20. The van der Waals surface area contributed by atoms with Crippen LogP contribution in [-0.2, 0) is 14.8 Å². The smallest absolute Gasteiger partial charge is 0.240 e. The highest BCUT2D eigenvalue weighted by molar-refractivity contribution is 7.89. The quantitative estimate of drug-likeness (QED) is 0.673. The second kappa shape index (κ2) is 8.11. The standard InChI is InChI=1S/C14H23N3O3S/c1-3-12(8-9-15)10-16-21(19,20)14-6-4-13(5-7-14)17-11(2)18/h4-7,12,16H,3,8-10,15H2,1-2H3,(H,17,18). The van der Waals surface area contributed by atoms with Gasteiger partial charge in [-0.15, -0.1) is 0 Å². The van der Waals surface area contributed by atoms with Crippen molar-refractivity contribution in [1.82, 2.24) is 4.72 Å². The zero-order chi connectivity index (χ0) is 15.9. The van der Waals surface area contributed by atoms with E-state index in [9.17, 15) is 13.2 Å². The summed E-state index contributed by atoms with van der Waals surface area (Å²) in [5.74, 6) is 0.0414. The van der Waals surface area contributed by atoms with E-state index in [0.29, 0.717) is 18.8 Å². The SMILES string of the molecule is CCC(CCN)CNS(=O)(=O)c1ccc(NC(C)=O)cc1. The minimum atomic E-state index is -3.53. The van der Waals surface area contributed by atoms with Gasteiger partial charge in [-0.05, 0) is 43.1 Å². The van der Waals surface area contributed by atoms with Crippen LogP contribution in [0.5, 0.6) is 0 Å². The second-order valence-electron chi connectivity index (χ2n) is 4.91. The molecule has 0 bridgehead atoms. The van der Waals surface area contributed by atoms with Gasteiger partial charge in [-0.1, -0.05) is 13.3 Å². The number of nitrogens with two attached hydrogens (primary N) is 1. The van der Waals surface area contributed by atoms with Crippen molar-refractivity contribution in [2.75, 3.05) is 18.4 Å². The highest BCUT2D eigenvalue weighted by Gasteiger charge is 2.16. The van der Waals surface area contributed by atoms with Gasteiger partial charge in [0.25, 0.3) is 0 Å². The Balaban J connectivity index is 2.71. The number of carbonyl (C=O) groups excluding carboxylic acids is 1. The van der Waals surface area contributed by atoms with E-state index < -0.39 is 10.0 Å². The molecule has 0 heterocycles. The van der Waals surface area contributed by atoms with Gasteiger partial charge in [0.15, 0.2) is 0 Å². The molecule has 118 valence electrons. The molecular weight excluding hydrogens is 290 g/mol. The number of hydrogen-bond acceptors (Lipinski definition) is 4. The first-order valence-corrected chi connectivity index (χ1v) is 8.44. The van der Waals surface area contributed by atoms with Gasteiger partial charge in [0.05, 0.1) is 4.90 Å². The number of nitrogens with one attached hydrogen (secondary N) is 2. The fourth-order valence-corrected chi connectivity index (χ4v) is 3.03. The van der Waals surface area contributed by atoms with Gasteiger partial charge >= 0.3 is 0 Å². The van der Waals surface area contributed by atoms with E-state index in [0.717, 1.165) is 12.8 Å². The fourth-order valence-electron chi connectivity index (χ4n) is 1.92. The molecule has 21 heavy (non-hydrogen) atoms. The van der Waals surface area contributed by atoms with E-state index in [2.05, 4.69) is 10.0 Å². The molecule has 0 fully saturated rings. The molecule has 0 saturated carbocycles. The lowest BCUT2D eigenvalue weighted by atomic mass is 10.0. The number of rotatable bonds is 8. The monoisotopic (exact) mass is 313 g/mol. The molecule has 6 nitrogen and oxygen atoms in total. The first-order valence-electron chi connectivity index (χ1n) is 6.96. The van der Waals surface area contributed by atoms with Crippen molar-refractivity contribution in [1.29, 1.82) is 0 Å². The van der Waals surface area contributed by atoms with Crippen LogP contribution < -0.4 is 15.8 Å². The van der Waals surface area contributed by atoms with Crippen LogP contribution in [-0.4, -0.2) is 27.4 Å². The van der Waals surface area contributed by atoms with Crippen molar-refractivity contribution in [2.45, 2.75) is 31.6 Å². The Morgan fingerprint density at radius 1 is 1.29 bits per heavy atom. The van der Waals surface area contributed by atoms with Crippen LogP contribution in [0, 0.1) is 5.92 Å². The van der Waals surface area contributed by atoms with E-state index in [1.54, 1.807) is 12.1 Å². The minimum Gasteiger partial charge on any atom is -0.330 e. The second-order valence-corrected chi connectivity index (χ2v) is 6.68. The van der Waals surface area contributed by atoms with E-state index in [4.69, 9.17) is 5.73 Å². The van der Waals surface area contributed by atoms with Crippen LogP contribution in [0.25, 0.3) is 0 Å². The predicted octanol–water partition coefficient (Wildman–Crippen LogP) is 1.30. The molecule has 0 saturated heterocycles. The summed E-state index contributed by atoms with van der Waals surface area (Å²) in [5, 5.41) is 2.59. The van der Waals surface area contributed by atoms with Crippen LogP contribution in [0.2, 0.25) is 0 Å². The van der Waals surface area contributed by atoms with Gasteiger partial charge < -0.3 is 11.1 Å². The molecule has 1 aromatic carbocycles. The molecule has 0 aliphatic rings. The maximum absolute atomic E-state index is 12.2. The summed E-state index contributed by atoms with van der Waals surface area (Å²) in [4.78, 5) is 11.1. The maximum atomic E-state index is 12.2. The lowest BCUT2D eigenvalue weighted by molar-refractivity contribution is -0.114. The van der Waals surface area contributed by atoms with Crippen molar-refractivity contribution in [3.05, 3.63) is 24.3 Å². The molecule has 0 aromatic heterocycles. The van der Waals surface area contributed by atoms with Crippen molar-refractivity contribution < 1.29 is 13.2 Å². The van der Waals surface area contributed by atoms with Crippen LogP contribution in [0.4, 0.5) is 5.69 Å². The van der Waals surface area contributed by atoms with Crippen molar-refractivity contribution in [2.24, 2.45) is 11.7 Å². The number of hydrogen-bond donors (Lipinski definition) is 3. The highest BCUT2D eigenvalue weighted by Crippen LogP contribution is 2.15. The van der Waals surface area contributed by atoms with Crippen LogP contribution in [0.3, 0.4) is 0 Å². The summed E-state index contributed by atoms with van der Waals surface area (Å²) in [7, 11) is -3.53. The largest absolute Gasteiger partial charge is 0.330 e. The van der Waals surface area contributed by atoms with Crippen molar-refractivity contribution in [3.63, 3.8) is 0 Å². The molecule has 0 spiro atoms. The van der Waals surface area contributed by atoms with Gasteiger partial charge in [-0.25, -0.2) is 13.1 Å². The topological polar surface area (TPSA) is 101 Å². The Hall–Kier alpha value is -1.44. The average molecular weight is 313 g/mol. The molecule has 0 radical (unpaired) electrons. The van der Waals surface area contributed by atoms with E-state index >= 15 is 0 Å². The first-order chi connectivity index (χ1) is 9.89. The summed E-state index contributed by atoms with van der Waals surface area (Å²) >= 11 is 0. The summed E-state index contributed by atoms with van der Waals surface area (Å²) in [6, 6.07) is 6.06. The molecule has 1 aromatic rings. The third-order valence-corrected chi connectivity index (χ3v) is 4.64.